The first-order valence-corrected chi connectivity index (χ1v) is 9.99. The Morgan fingerprint density at radius 3 is 2.59 bits per heavy atom. The molecule has 1 N–H and O–H groups in total. The summed E-state index contributed by atoms with van der Waals surface area (Å²) in [6, 6.07) is 10.2. The van der Waals surface area contributed by atoms with Crippen molar-refractivity contribution >= 4 is 11.8 Å². The highest BCUT2D eigenvalue weighted by Crippen LogP contribution is 2.30. The van der Waals surface area contributed by atoms with Gasteiger partial charge in [0.2, 0.25) is 11.8 Å². The van der Waals surface area contributed by atoms with Gasteiger partial charge in [0.05, 0.1) is 5.92 Å². The highest BCUT2D eigenvalue weighted by atomic mass is 16.5. The molecule has 0 bridgehead atoms. The molecule has 0 saturated carbocycles. The van der Waals surface area contributed by atoms with E-state index in [4.69, 9.17) is 4.74 Å². The van der Waals surface area contributed by atoms with Gasteiger partial charge in [-0.3, -0.25) is 9.59 Å². The van der Waals surface area contributed by atoms with Crippen LogP contribution in [0.5, 0.6) is 0 Å². The fourth-order valence-corrected chi connectivity index (χ4v) is 4.16. The molecule has 0 spiro atoms. The average molecular weight is 373 g/mol. The number of benzene rings is 1. The summed E-state index contributed by atoms with van der Waals surface area (Å²) >= 11 is 0. The van der Waals surface area contributed by atoms with Crippen molar-refractivity contribution in [2.75, 3.05) is 53.0 Å². The number of likely N-dealkylation sites (tertiary alicyclic amines) is 2. The zero-order valence-electron chi connectivity index (χ0n) is 16.2. The second-order valence-electron chi connectivity index (χ2n) is 7.61. The number of rotatable bonds is 7. The normalized spacial score (nSPS) is 23.4. The van der Waals surface area contributed by atoms with Gasteiger partial charge < -0.3 is 19.9 Å². The van der Waals surface area contributed by atoms with Crippen molar-refractivity contribution in [2.45, 2.75) is 25.2 Å². The van der Waals surface area contributed by atoms with Crippen molar-refractivity contribution in [1.82, 2.24) is 15.1 Å². The quantitative estimate of drug-likeness (QED) is 0.786. The smallest absolute Gasteiger partial charge is 0.248 e. The van der Waals surface area contributed by atoms with E-state index < -0.39 is 0 Å². The predicted molar refractivity (Wildman–Crippen MR) is 104 cm³/mol. The van der Waals surface area contributed by atoms with Gasteiger partial charge in [0.15, 0.2) is 0 Å². The summed E-state index contributed by atoms with van der Waals surface area (Å²) < 4.78 is 5.02. The highest BCUT2D eigenvalue weighted by Gasteiger charge is 2.34. The molecule has 2 unspecified atom stereocenters. The van der Waals surface area contributed by atoms with E-state index in [0.717, 1.165) is 26.1 Å². The Bertz CT molecular complexity index is 616. The lowest BCUT2D eigenvalue weighted by atomic mass is 9.84. The van der Waals surface area contributed by atoms with Gasteiger partial charge in [-0.25, -0.2) is 0 Å². The SMILES string of the molecule is COCC(=O)N1CC(C(=O)NCCN2CCCC2)CC(c2ccccc2)C1. The third-order valence-electron chi connectivity index (χ3n) is 5.64. The molecule has 1 aromatic rings. The van der Waals surface area contributed by atoms with Crippen LogP contribution < -0.4 is 5.32 Å². The fourth-order valence-electron chi connectivity index (χ4n) is 4.16. The first kappa shape index (κ1) is 19.8. The Morgan fingerprint density at radius 2 is 1.89 bits per heavy atom. The largest absolute Gasteiger partial charge is 0.375 e. The number of ether oxygens (including phenoxy) is 1. The number of methoxy groups -OCH3 is 1. The van der Waals surface area contributed by atoms with E-state index in [0.29, 0.717) is 19.6 Å². The van der Waals surface area contributed by atoms with E-state index >= 15 is 0 Å². The van der Waals surface area contributed by atoms with Crippen molar-refractivity contribution in [3.63, 3.8) is 0 Å². The summed E-state index contributed by atoms with van der Waals surface area (Å²) in [6.07, 6.45) is 3.29. The second kappa shape index (κ2) is 9.85. The molecular formula is C21H31N3O3. The zero-order chi connectivity index (χ0) is 19.1. The van der Waals surface area contributed by atoms with Crippen LogP contribution in [0.4, 0.5) is 0 Å². The number of nitrogens with zero attached hydrogens (tertiary/aromatic N) is 2. The van der Waals surface area contributed by atoms with E-state index in [9.17, 15) is 9.59 Å². The number of hydrogen-bond donors (Lipinski definition) is 1. The Kier molecular flexibility index (Phi) is 7.24. The van der Waals surface area contributed by atoms with Gasteiger partial charge in [-0.1, -0.05) is 30.3 Å². The number of piperidine rings is 1. The minimum Gasteiger partial charge on any atom is -0.375 e. The maximum atomic E-state index is 12.8. The van der Waals surface area contributed by atoms with E-state index in [-0.39, 0.29) is 30.3 Å². The Hall–Kier alpha value is -1.92. The molecule has 6 heteroatoms. The van der Waals surface area contributed by atoms with Crippen LogP contribution in [0, 0.1) is 5.92 Å². The molecule has 148 valence electrons. The average Bonchev–Trinajstić information content (AvgIpc) is 3.22. The van der Waals surface area contributed by atoms with Crippen LogP contribution in [0.2, 0.25) is 0 Å². The number of nitrogens with one attached hydrogen (secondary N) is 1. The van der Waals surface area contributed by atoms with E-state index in [1.165, 1.54) is 25.5 Å². The Balaban J connectivity index is 1.61. The minimum atomic E-state index is -0.177. The lowest BCUT2D eigenvalue weighted by Crippen LogP contribution is -2.49. The molecule has 3 rings (SSSR count). The van der Waals surface area contributed by atoms with Crippen molar-refractivity contribution in [2.24, 2.45) is 5.92 Å². The van der Waals surface area contributed by atoms with Crippen molar-refractivity contribution < 1.29 is 14.3 Å². The Morgan fingerprint density at radius 1 is 1.15 bits per heavy atom. The summed E-state index contributed by atoms with van der Waals surface area (Å²) in [6.45, 7) is 5.03. The molecule has 2 aliphatic heterocycles. The third kappa shape index (κ3) is 5.53. The molecular weight excluding hydrogens is 342 g/mol. The first-order valence-electron chi connectivity index (χ1n) is 9.99. The molecule has 0 radical (unpaired) electrons. The molecule has 6 nitrogen and oxygen atoms in total. The summed E-state index contributed by atoms with van der Waals surface area (Å²) in [4.78, 5) is 29.3. The molecule has 2 atom stereocenters. The number of carbonyl (C=O) groups excluding carboxylic acids is 2. The molecule has 2 saturated heterocycles. The monoisotopic (exact) mass is 373 g/mol. The molecule has 2 fully saturated rings. The van der Waals surface area contributed by atoms with Gasteiger partial charge in [0.25, 0.3) is 0 Å². The van der Waals surface area contributed by atoms with Crippen LogP contribution in [-0.4, -0.2) is 74.6 Å². The molecule has 0 aliphatic carbocycles. The summed E-state index contributed by atoms with van der Waals surface area (Å²) in [7, 11) is 1.53. The maximum Gasteiger partial charge on any atom is 0.248 e. The molecule has 1 aromatic carbocycles. The van der Waals surface area contributed by atoms with Crippen LogP contribution in [0.3, 0.4) is 0 Å². The molecule has 2 aliphatic rings. The summed E-state index contributed by atoms with van der Waals surface area (Å²) in [5.41, 5.74) is 1.18. The van der Waals surface area contributed by atoms with E-state index in [1.54, 1.807) is 4.90 Å². The lowest BCUT2D eigenvalue weighted by Gasteiger charge is -2.37. The third-order valence-corrected chi connectivity index (χ3v) is 5.64. The van der Waals surface area contributed by atoms with E-state index in [1.807, 2.05) is 18.2 Å². The van der Waals surface area contributed by atoms with Crippen LogP contribution in [0.1, 0.15) is 30.7 Å². The van der Waals surface area contributed by atoms with Gasteiger partial charge in [0.1, 0.15) is 6.61 Å². The van der Waals surface area contributed by atoms with Crippen LogP contribution >= 0.6 is 0 Å². The van der Waals surface area contributed by atoms with Crippen molar-refractivity contribution in [1.29, 1.82) is 0 Å². The standard InChI is InChI=1S/C21H31N3O3/c1-27-16-20(25)24-14-18(17-7-3-2-4-8-17)13-19(15-24)21(26)22-9-12-23-10-5-6-11-23/h2-4,7-8,18-19H,5-6,9-16H2,1H3,(H,22,26). The molecule has 0 aromatic heterocycles. The number of hydrogen-bond acceptors (Lipinski definition) is 4. The summed E-state index contributed by atoms with van der Waals surface area (Å²) in [5, 5.41) is 3.09. The molecule has 2 heterocycles. The maximum absolute atomic E-state index is 12.8. The second-order valence-corrected chi connectivity index (χ2v) is 7.61. The predicted octanol–water partition coefficient (Wildman–Crippen LogP) is 1.48. The van der Waals surface area contributed by atoms with Crippen molar-refractivity contribution in [3.8, 4) is 0 Å². The van der Waals surface area contributed by atoms with Crippen LogP contribution in [0.15, 0.2) is 30.3 Å². The number of carbonyl (C=O) groups is 2. The Labute approximate surface area is 161 Å². The van der Waals surface area contributed by atoms with Gasteiger partial charge in [-0.05, 0) is 37.9 Å². The van der Waals surface area contributed by atoms with Crippen molar-refractivity contribution in [3.05, 3.63) is 35.9 Å². The fraction of sp³-hybridized carbons (Fsp3) is 0.619. The molecule has 27 heavy (non-hydrogen) atoms. The minimum absolute atomic E-state index is 0.0482. The zero-order valence-corrected chi connectivity index (χ0v) is 16.2. The lowest BCUT2D eigenvalue weighted by molar-refractivity contribution is -0.139. The topological polar surface area (TPSA) is 61.9 Å². The van der Waals surface area contributed by atoms with Gasteiger partial charge in [0, 0.05) is 39.2 Å². The van der Waals surface area contributed by atoms with Gasteiger partial charge >= 0.3 is 0 Å². The number of amides is 2. The highest BCUT2D eigenvalue weighted by molar-refractivity contribution is 5.82. The van der Waals surface area contributed by atoms with E-state index in [2.05, 4.69) is 22.3 Å². The molecule has 2 amide bonds. The van der Waals surface area contributed by atoms with Gasteiger partial charge in [-0.2, -0.15) is 0 Å². The van der Waals surface area contributed by atoms with Crippen LogP contribution in [0.25, 0.3) is 0 Å². The summed E-state index contributed by atoms with van der Waals surface area (Å²) in [5.74, 6) is 0.0106. The first-order chi connectivity index (χ1) is 13.2. The van der Waals surface area contributed by atoms with Crippen LogP contribution in [-0.2, 0) is 14.3 Å². The van der Waals surface area contributed by atoms with Gasteiger partial charge in [-0.15, -0.1) is 0 Å².